The normalized spacial score (nSPS) is 16.8. The Hall–Kier alpha value is -0.580. The number of rotatable bonds is 7. The molecular formula is C12H21BrN2O2. The van der Waals surface area contributed by atoms with Gasteiger partial charge in [0.05, 0.1) is 0 Å². The highest BCUT2D eigenvalue weighted by atomic mass is 79.9. The average molecular weight is 305 g/mol. The van der Waals surface area contributed by atoms with Crippen molar-refractivity contribution in [3.8, 4) is 0 Å². The lowest BCUT2D eigenvalue weighted by molar-refractivity contribution is -0.156. The monoisotopic (exact) mass is 304 g/mol. The van der Waals surface area contributed by atoms with Crippen molar-refractivity contribution >= 4 is 27.7 Å². The lowest BCUT2D eigenvalue weighted by atomic mass is 10.2. The molecule has 0 bridgehead atoms. The molecule has 1 aliphatic heterocycles. The van der Waals surface area contributed by atoms with Crippen molar-refractivity contribution in [3.05, 3.63) is 0 Å². The van der Waals surface area contributed by atoms with Crippen molar-refractivity contribution in [3.63, 3.8) is 0 Å². The van der Waals surface area contributed by atoms with E-state index in [9.17, 15) is 9.59 Å². The molecule has 4 nitrogen and oxygen atoms in total. The Morgan fingerprint density at radius 3 is 2.12 bits per heavy atom. The molecule has 0 N–H and O–H groups in total. The largest absolute Gasteiger partial charge is 0.333 e. The second-order valence-corrected chi connectivity index (χ2v) is 5.13. The van der Waals surface area contributed by atoms with Crippen molar-refractivity contribution in [2.24, 2.45) is 0 Å². The molecule has 17 heavy (non-hydrogen) atoms. The second kappa shape index (κ2) is 7.69. The molecule has 0 unspecified atom stereocenters. The van der Waals surface area contributed by atoms with Gasteiger partial charge in [-0.15, -0.1) is 0 Å². The van der Waals surface area contributed by atoms with Crippen molar-refractivity contribution in [2.75, 3.05) is 31.5 Å². The lowest BCUT2D eigenvalue weighted by Gasteiger charge is -2.33. The van der Waals surface area contributed by atoms with Crippen LogP contribution in [-0.2, 0) is 9.59 Å². The molecule has 1 heterocycles. The summed E-state index contributed by atoms with van der Waals surface area (Å²) in [6.07, 6.45) is 4.11. The number of halogens is 1. The Balaban J connectivity index is 2.35. The van der Waals surface area contributed by atoms with E-state index < -0.39 is 0 Å². The topological polar surface area (TPSA) is 40.6 Å². The summed E-state index contributed by atoms with van der Waals surface area (Å²) in [6.45, 7) is 4.82. The zero-order valence-electron chi connectivity index (χ0n) is 10.5. The van der Waals surface area contributed by atoms with Crippen molar-refractivity contribution in [1.29, 1.82) is 0 Å². The van der Waals surface area contributed by atoms with Crippen LogP contribution in [0, 0.1) is 0 Å². The molecule has 0 aliphatic carbocycles. The first kappa shape index (κ1) is 14.5. The SMILES string of the molecule is CCCN1CCN(CCCCCBr)C(=O)C1=O. The molecule has 0 aromatic heterocycles. The molecule has 0 aromatic carbocycles. The summed E-state index contributed by atoms with van der Waals surface area (Å²) in [5.74, 6) is -0.637. The van der Waals surface area contributed by atoms with E-state index in [1.807, 2.05) is 6.92 Å². The van der Waals surface area contributed by atoms with Gasteiger partial charge in [0.25, 0.3) is 0 Å². The van der Waals surface area contributed by atoms with Gasteiger partial charge in [0.2, 0.25) is 0 Å². The van der Waals surface area contributed by atoms with Gasteiger partial charge in [-0.25, -0.2) is 0 Å². The summed E-state index contributed by atoms with van der Waals surface area (Å²) < 4.78 is 0. The molecule has 1 aliphatic rings. The van der Waals surface area contributed by atoms with Crippen LogP contribution in [0.4, 0.5) is 0 Å². The third-order valence-corrected chi connectivity index (χ3v) is 3.51. The highest BCUT2D eigenvalue weighted by molar-refractivity contribution is 9.09. The molecule has 98 valence electrons. The predicted octanol–water partition coefficient (Wildman–Crippen LogP) is 1.63. The predicted molar refractivity (Wildman–Crippen MR) is 71.1 cm³/mol. The van der Waals surface area contributed by atoms with Gasteiger partial charge < -0.3 is 9.80 Å². The number of carbonyl (C=O) groups excluding carboxylic acids is 2. The first-order valence-corrected chi connectivity index (χ1v) is 7.47. The third kappa shape index (κ3) is 4.30. The van der Waals surface area contributed by atoms with Crippen molar-refractivity contribution < 1.29 is 9.59 Å². The number of hydrogen-bond donors (Lipinski definition) is 0. The number of amides is 2. The molecule has 0 radical (unpaired) electrons. The van der Waals surface area contributed by atoms with Crippen LogP contribution in [0.25, 0.3) is 0 Å². The molecule has 0 saturated carbocycles. The molecule has 0 atom stereocenters. The molecular weight excluding hydrogens is 284 g/mol. The van der Waals surface area contributed by atoms with Crippen LogP contribution in [0.5, 0.6) is 0 Å². The Bertz CT molecular complexity index is 269. The van der Waals surface area contributed by atoms with Crippen LogP contribution in [0.3, 0.4) is 0 Å². The van der Waals surface area contributed by atoms with Crippen molar-refractivity contribution in [1.82, 2.24) is 9.80 Å². The Labute approximate surface area is 111 Å². The molecule has 2 amide bonds. The van der Waals surface area contributed by atoms with Crippen LogP contribution >= 0.6 is 15.9 Å². The van der Waals surface area contributed by atoms with Crippen LogP contribution < -0.4 is 0 Å². The molecule has 1 fully saturated rings. The number of carbonyl (C=O) groups is 2. The van der Waals surface area contributed by atoms with Gasteiger partial charge in [0.15, 0.2) is 0 Å². The Morgan fingerprint density at radius 2 is 1.59 bits per heavy atom. The van der Waals surface area contributed by atoms with E-state index in [1.54, 1.807) is 9.80 Å². The van der Waals surface area contributed by atoms with Gasteiger partial charge >= 0.3 is 11.8 Å². The lowest BCUT2D eigenvalue weighted by Crippen LogP contribution is -2.54. The van der Waals surface area contributed by atoms with E-state index in [2.05, 4.69) is 15.9 Å². The minimum atomic E-state index is -0.321. The van der Waals surface area contributed by atoms with Crippen molar-refractivity contribution in [2.45, 2.75) is 32.6 Å². The van der Waals surface area contributed by atoms with Crippen LogP contribution in [0.15, 0.2) is 0 Å². The molecule has 1 saturated heterocycles. The maximum absolute atomic E-state index is 11.8. The Morgan fingerprint density at radius 1 is 1.00 bits per heavy atom. The number of hydrogen-bond acceptors (Lipinski definition) is 2. The summed E-state index contributed by atoms with van der Waals surface area (Å²) in [4.78, 5) is 26.9. The van der Waals surface area contributed by atoms with Crippen LogP contribution in [0.2, 0.25) is 0 Å². The zero-order valence-corrected chi connectivity index (χ0v) is 12.0. The van der Waals surface area contributed by atoms with E-state index in [0.717, 1.165) is 37.6 Å². The summed E-state index contributed by atoms with van der Waals surface area (Å²) in [5, 5.41) is 1.00. The summed E-state index contributed by atoms with van der Waals surface area (Å²) in [5.41, 5.74) is 0. The van der Waals surface area contributed by atoms with E-state index in [4.69, 9.17) is 0 Å². The van der Waals surface area contributed by atoms with Gasteiger partial charge in [0.1, 0.15) is 0 Å². The molecule has 1 rings (SSSR count). The van der Waals surface area contributed by atoms with Gasteiger partial charge in [-0.1, -0.05) is 29.3 Å². The Kier molecular flexibility index (Phi) is 6.55. The van der Waals surface area contributed by atoms with Gasteiger partial charge in [-0.05, 0) is 19.3 Å². The zero-order chi connectivity index (χ0) is 12.7. The highest BCUT2D eigenvalue weighted by Crippen LogP contribution is 2.08. The second-order valence-electron chi connectivity index (χ2n) is 4.33. The van der Waals surface area contributed by atoms with E-state index in [-0.39, 0.29) is 11.8 Å². The first-order chi connectivity index (χ1) is 8.20. The minimum absolute atomic E-state index is 0.316. The smallest absolute Gasteiger partial charge is 0.312 e. The van der Waals surface area contributed by atoms with Crippen LogP contribution in [0.1, 0.15) is 32.6 Å². The number of piperazine rings is 1. The van der Waals surface area contributed by atoms with Gasteiger partial charge in [-0.3, -0.25) is 9.59 Å². The third-order valence-electron chi connectivity index (χ3n) is 2.95. The first-order valence-electron chi connectivity index (χ1n) is 6.34. The van der Waals surface area contributed by atoms with E-state index in [0.29, 0.717) is 19.6 Å². The molecule has 5 heteroatoms. The van der Waals surface area contributed by atoms with Gasteiger partial charge in [-0.2, -0.15) is 0 Å². The van der Waals surface area contributed by atoms with E-state index in [1.165, 1.54) is 0 Å². The molecule has 0 spiro atoms. The summed E-state index contributed by atoms with van der Waals surface area (Å²) in [6, 6.07) is 0. The average Bonchev–Trinajstić information content (AvgIpc) is 2.33. The summed E-state index contributed by atoms with van der Waals surface area (Å²) in [7, 11) is 0. The highest BCUT2D eigenvalue weighted by Gasteiger charge is 2.31. The fourth-order valence-electron chi connectivity index (χ4n) is 1.99. The number of alkyl halides is 1. The number of unbranched alkanes of at least 4 members (excludes halogenated alkanes) is 2. The maximum atomic E-state index is 11.8. The van der Waals surface area contributed by atoms with E-state index >= 15 is 0 Å². The fraction of sp³-hybridized carbons (Fsp3) is 0.833. The van der Waals surface area contributed by atoms with Crippen LogP contribution in [-0.4, -0.2) is 53.1 Å². The summed E-state index contributed by atoms with van der Waals surface area (Å²) >= 11 is 3.38. The van der Waals surface area contributed by atoms with Gasteiger partial charge in [0, 0.05) is 31.5 Å². The maximum Gasteiger partial charge on any atom is 0.312 e. The fourth-order valence-corrected chi connectivity index (χ4v) is 2.38. The quantitative estimate of drug-likeness (QED) is 0.407. The standard InChI is InChI=1S/C12H21BrN2O2/c1-2-7-14-9-10-15(12(17)11(14)16)8-5-3-4-6-13/h2-10H2,1H3. The molecule has 0 aromatic rings. The minimum Gasteiger partial charge on any atom is -0.333 e. The number of nitrogens with zero attached hydrogens (tertiary/aromatic N) is 2.